The second kappa shape index (κ2) is 7.97. The van der Waals surface area contributed by atoms with Gasteiger partial charge in [0.15, 0.2) is 0 Å². The predicted octanol–water partition coefficient (Wildman–Crippen LogP) is -0.462. The Hall–Kier alpha value is -2.34. The van der Waals surface area contributed by atoms with Crippen LogP contribution in [0, 0.1) is 5.41 Å². The molecule has 126 valence electrons. The summed E-state index contributed by atoms with van der Waals surface area (Å²) in [6.45, 7) is 2.77. The second-order valence-electron chi connectivity index (χ2n) is 5.28. The highest BCUT2D eigenvalue weighted by atomic mass is 79.9. The van der Waals surface area contributed by atoms with Gasteiger partial charge in [0.25, 0.3) is 0 Å². The number of halogens is 1. The molecule has 0 aliphatic rings. The van der Waals surface area contributed by atoms with Crippen LogP contribution in [-0.4, -0.2) is 21.7 Å². The number of para-hydroxylation sites is 2. The lowest BCUT2D eigenvalue weighted by atomic mass is 10.2. The van der Waals surface area contributed by atoms with Gasteiger partial charge in [-0.15, -0.1) is 0 Å². The van der Waals surface area contributed by atoms with Crippen LogP contribution >= 0.6 is 0 Å². The number of nitrogens with zero attached hydrogens (tertiary/aromatic N) is 2. The summed E-state index contributed by atoms with van der Waals surface area (Å²) in [4.78, 5) is 11.8. The third-order valence-corrected chi connectivity index (χ3v) is 3.75. The standard InChI is InChI=1S/C18H19N3O2.BrH/c1-2-23-17(22)13-21-16-11-7-6-10-15(16)20(18(21)19)12-14-8-4-3-5-9-14;/h3-11,19H,2,12-13H2,1H3;1H/p-1. The fraction of sp³-hybridized carbons (Fsp3) is 0.222. The van der Waals surface area contributed by atoms with Crippen molar-refractivity contribution in [3.05, 3.63) is 65.8 Å². The van der Waals surface area contributed by atoms with Crippen LogP contribution in [0.15, 0.2) is 54.6 Å². The molecule has 24 heavy (non-hydrogen) atoms. The summed E-state index contributed by atoms with van der Waals surface area (Å²) in [5.74, 6) is -0.325. The van der Waals surface area contributed by atoms with Gasteiger partial charge in [-0.05, 0) is 24.6 Å². The highest BCUT2D eigenvalue weighted by Gasteiger charge is 2.13. The van der Waals surface area contributed by atoms with Crippen molar-refractivity contribution in [2.75, 3.05) is 6.61 Å². The minimum Gasteiger partial charge on any atom is -1.00 e. The lowest BCUT2D eigenvalue weighted by Gasteiger charge is -2.05. The SMILES string of the molecule is CCOC(=O)Cn1c(=N)n(Cc2ccccc2)c2ccccc21.[Br-]. The number of nitrogens with one attached hydrogen (secondary N) is 1. The minimum absolute atomic E-state index is 0. The maximum absolute atomic E-state index is 11.8. The molecule has 1 heterocycles. The van der Waals surface area contributed by atoms with Gasteiger partial charge in [0, 0.05) is 0 Å². The highest BCUT2D eigenvalue weighted by Crippen LogP contribution is 2.14. The lowest BCUT2D eigenvalue weighted by Crippen LogP contribution is -3.00. The van der Waals surface area contributed by atoms with E-state index in [0.29, 0.717) is 18.8 Å². The monoisotopic (exact) mass is 388 g/mol. The van der Waals surface area contributed by atoms with Crippen molar-refractivity contribution in [3.63, 3.8) is 0 Å². The fourth-order valence-electron chi connectivity index (χ4n) is 2.72. The molecule has 0 saturated carbocycles. The molecule has 0 unspecified atom stereocenters. The zero-order valence-corrected chi connectivity index (χ0v) is 15.0. The second-order valence-corrected chi connectivity index (χ2v) is 5.28. The van der Waals surface area contributed by atoms with Crippen molar-refractivity contribution >= 4 is 17.0 Å². The molecular formula is C18H19BrN3O2-. The molecule has 0 aliphatic heterocycles. The summed E-state index contributed by atoms with van der Waals surface area (Å²) in [5, 5.41) is 8.47. The normalized spacial score (nSPS) is 10.4. The van der Waals surface area contributed by atoms with E-state index in [4.69, 9.17) is 10.1 Å². The molecule has 2 aromatic carbocycles. The van der Waals surface area contributed by atoms with Crippen LogP contribution in [0.1, 0.15) is 12.5 Å². The van der Waals surface area contributed by atoms with Crippen molar-refractivity contribution in [2.24, 2.45) is 0 Å². The quantitative estimate of drug-likeness (QED) is 0.601. The van der Waals surface area contributed by atoms with E-state index in [0.717, 1.165) is 16.6 Å². The number of benzene rings is 2. The summed E-state index contributed by atoms with van der Waals surface area (Å²) >= 11 is 0. The van der Waals surface area contributed by atoms with E-state index in [-0.39, 0.29) is 29.5 Å². The molecule has 5 nitrogen and oxygen atoms in total. The van der Waals surface area contributed by atoms with Gasteiger partial charge in [0.1, 0.15) is 6.54 Å². The Bertz CT molecular complexity index is 884. The number of carbonyl (C=O) groups is 1. The Morgan fingerprint density at radius 1 is 1.00 bits per heavy atom. The number of hydrogen-bond donors (Lipinski definition) is 1. The average molecular weight is 389 g/mol. The maximum atomic E-state index is 11.8. The molecule has 1 N–H and O–H groups in total. The van der Waals surface area contributed by atoms with Crippen LogP contribution in [0.3, 0.4) is 0 Å². The van der Waals surface area contributed by atoms with Crippen molar-refractivity contribution in [3.8, 4) is 0 Å². The number of imidazole rings is 1. The van der Waals surface area contributed by atoms with E-state index in [1.54, 1.807) is 11.5 Å². The molecule has 0 atom stereocenters. The fourth-order valence-corrected chi connectivity index (χ4v) is 2.72. The summed E-state index contributed by atoms with van der Waals surface area (Å²) in [6.07, 6.45) is 0. The molecule has 0 saturated heterocycles. The summed E-state index contributed by atoms with van der Waals surface area (Å²) in [5.41, 5.74) is 3.21. The molecule has 6 heteroatoms. The van der Waals surface area contributed by atoms with Crippen LogP contribution in [0.5, 0.6) is 0 Å². The van der Waals surface area contributed by atoms with Gasteiger partial charge in [-0.25, -0.2) is 0 Å². The van der Waals surface area contributed by atoms with Gasteiger partial charge >= 0.3 is 5.97 Å². The Morgan fingerprint density at radius 3 is 2.21 bits per heavy atom. The van der Waals surface area contributed by atoms with Crippen LogP contribution in [0.4, 0.5) is 0 Å². The summed E-state index contributed by atoms with van der Waals surface area (Å²) in [7, 11) is 0. The van der Waals surface area contributed by atoms with E-state index in [1.165, 1.54) is 0 Å². The van der Waals surface area contributed by atoms with E-state index in [1.807, 2.05) is 59.2 Å². The molecule has 0 aliphatic carbocycles. The average Bonchev–Trinajstić information content (AvgIpc) is 2.82. The molecular weight excluding hydrogens is 370 g/mol. The number of rotatable bonds is 5. The van der Waals surface area contributed by atoms with Gasteiger partial charge in [-0.2, -0.15) is 0 Å². The Morgan fingerprint density at radius 2 is 1.58 bits per heavy atom. The third kappa shape index (κ3) is 3.59. The molecule has 0 amide bonds. The molecule has 1 aromatic heterocycles. The Kier molecular flexibility index (Phi) is 5.98. The molecule has 3 aromatic rings. The summed E-state index contributed by atoms with van der Waals surface area (Å²) in [6, 6.07) is 17.8. The van der Waals surface area contributed by atoms with E-state index < -0.39 is 0 Å². The molecule has 0 fully saturated rings. The van der Waals surface area contributed by atoms with E-state index >= 15 is 0 Å². The van der Waals surface area contributed by atoms with Gasteiger partial charge < -0.3 is 26.3 Å². The molecule has 0 spiro atoms. The largest absolute Gasteiger partial charge is 1.00 e. The number of ether oxygens (including phenoxy) is 1. The van der Waals surface area contributed by atoms with E-state index in [9.17, 15) is 4.79 Å². The minimum atomic E-state index is -0.325. The molecule has 0 bridgehead atoms. The molecule has 3 rings (SSSR count). The first kappa shape index (κ1) is 18.0. The Balaban J connectivity index is 0.00000208. The van der Waals surface area contributed by atoms with Crippen LogP contribution < -0.4 is 22.6 Å². The number of aromatic nitrogens is 2. The van der Waals surface area contributed by atoms with E-state index in [2.05, 4.69) is 0 Å². The number of esters is 1. The lowest BCUT2D eigenvalue weighted by molar-refractivity contribution is -0.143. The first-order chi connectivity index (χ1) is 11.2. The van der Waals surface area contributed by atoms with Crippen molar-refractivity contribution < 1.29 is 26.5 Å². The van der Waals surface area contributed by atoms with Crippen LogP contribution in [-0.2, 0) is 22.6 Å². The third-order valence-electron chi connectivity index (χ3n) is 3.75. The number of carbonyl (C=O) groups excluding carboxylic acids is 1. The van der Waals surface area contributed by atoms with Crippen molar-refractivity contribution in [1.29, 1.82) is 5.41 Å². The number of hydrogen-bond acceptors (Lipinski definition) is 3. The zero-order valence-electron chi connectivity index (χ0n) is 13.4. The van der Waals surface area contributed by atoms with Crippen LogP contribution in [0.25, 0.3) is 11.0 Å². The van der Waals surface area contributed by atoms with Gasteiger partial charge in [-0.3, -0.25) is 14.8 Å². The maximum Gasteiger partial charge on any atom is 0.326 e. The molecule has 0 radical (unpaired) electrons. The summed E-state index contributed by atoms with van der Waals surface area (Å²) < 4.78 is 8.62. The first-order valence-corrected chi connectivity index (χ1v) is 7.63. The van der Waals surface area contributed by atoms with Gasteiger partial charge in [-0.1, -0.05) is 42.5 Å². The van der Waals surface area contributed by atoms with Crippen LogP contribution in [0.2, 0.25) is 0 Å². The predicted molar refractivity (Wildman–Crippen MR) is 88.0 cm³/mol. The Labute approximate surface area is 150 Å². The smallest absolute Gasteiger partial charge is 0.326 e. The topological polar surface area (TPSA) is 60.0 Å². The van der Waals surface area contributed by atoms with Crippen molar-refractivity contribution in [2.45, 2.75) is 20.0 Å². The van der Waals surface area contributed by atoms with Gasteiger partial charge in [0.05, 0.1) is 24.2 Å². The number of fused-ring (bicyclic) bond motifs is 1. The zero-order chi connectivity index (χ0) is 16.2. The van der Waals surface area contributed by atoms with Gasteiger partial charge in [0.2, 0.25) is 5.62 Å². The van der Waals surface area contributed by atoms with Crippen molar-refractivity contribution in [1.82, 2.24) is 9.13 Å². The first-order valence-electron chi connectivity index (χ1n) is 7.63. The highest BCUT2D eigenvalue weighted by molar-refractivity contribution is 5.78.